The molecule has 0 fully saturated rings. The number of para-hydroxylation sites is 2. The molecule has 0 aliphatic carbocycles. The van der Waals surface area contributed by atoms with E-state index in [1.54, 1.807) is 32.2 Å². The van der Waals surface area contributed by atoms with E-state index >= 15 is 0 Å². The van der Waals surface area contributed by atoms with Gasteiger partial charge in [-0.25, -0.2) is 13.1 Å². The molecule has 3 rings (SSSR count). The molecule has 7 heteroatoms. The van der Waals surface area contributed by atoms with Crippen LogP contribution in [0.4, 0.5) is 0 Å². The third kappa shape index (κ3) is 4.20. The molecule has 0 radical (unpaired) electrons. The fourth-order valence-corrected chi connectivity index (χ4v) is 4.36. The number of sulfonamides is 1. The lowest BCUT2D eigenvalue weighted by molar-refractivity contribution is 0.0943. The van der Waals surface area contributed by atoms with Crippen LogP contribution in [0.1, 0.15) is 30.9 Å². The van der Waals surface area contributed by atoms with Gasteiger partial charge in [0.05, 0.1) is 18.6 Å². The highest BCUT2D eigenvalue weighted by Gasteiger charge is 2.25. The standard InChI is InChI=1S/C20H25NO5S/c1-13(2)16-10-20(14(3)9-19(16)24-4)27(22,23)21-11-15-12-25-17-7-5-6-8-18(17)26-15/h5-10,13,15,21H,11-12H2,1-4H3/t15-/m0/s1. The molecule has 27 heavy (non-hydrogen) atoms. The number of nitrogens with one attached hydrogen (secondary N) is 1. The van der Waals surface area contributed by atoms with Crippen LogP contribution in [0.5, 0.6) is 17.2 Å². The number of benzene rings is 2. The topological polar surface area (TPSA) is 73.9 Å². The lowest BCUT2D eigenvalue weighted by atomic mass is 10.0. The highest BCUT2D eigenvalue weighted by Crippen LogP contribution is 2.32. The zero-order valence-electron chi connectivity index (χ0n) is 16.0. The summed E-state index contributed by atoms with van der Waals surface area (Å²) in [4.78, 5) is 0.254. The Labute approximate surface area is 160 Å². The van der Waals surface area contributed by atoms with Gasteiger partial charge in [-0.3, -0.25) is 0 Å². The molecule has 0 aromatic heterocycles. The van der Waals surface area contributed by atoms with Crippen LogP contribution < -0.4 is 18.9 Å². The SMILES string of the molecule is COc1cc(C)c(S(=O)(=O)NC[C@H]2COc3ccccc3O2)cc1C(C)C. The molecule has 0 saturated heterocycles. The first-order valence-corrected chi connectivity index (χ1v) is 10.4. The van der Waals surface area contributed by atoms with E-state index in [-0.39, 0.29) is 17.4 Å². The van der Waals surface area contributed by atoms with Crippen LogP contribution in [0.15, 0.2) is 41.3 Å². The van der Waals surface area contributed by atoms with Gasteiger partial charge < -0.3 is 14.2 Å². The molecule has 1 aliphatic heterocycles. The van der Waals surface area contributed by atoms with Crippen molar-refractivity contribution in [1.29, 1.82) is 0 Å². The highest BCUT2D eigenvalue weighted by molar-refractivity contribution is 7.89. The summed E-state index contributed by atoms with van der Waals surface area (Å²) in [5.74, 6) is 2.13. The molecule has 2 aromatic carbocycles. The predicted octanol–water partition coefficient (Wildman–Crippen LogP) is 3.25. The van der Waals surface area contributed by atoms with E-state index in [1.807, 2.05) is 32.0 Å². The molecule has 6 nitrogen and oxygen atoms in total. The molecule has 1 aliphatic rings. The van der Waals surface area contributed by atoms with Crippen molar-refractivity contribution < 1.29 is 22.6 Å². The van der Waals surface area contributed by atoms with Crippen LogP contribution in [-0.2, 0) is 10.0 Å². The van der Waals surface area contributed by atoms with Crippen LogP contribution in [0.2, 0.25) is 0 Å². The van der Waals surface area contributed by atoms with E-state index in [1.165, 1.54) is 0 Å². The largest absolute Gasteiger partial charge is 0.496 e. The van der Waals surface area contributed by atoms with Gasteiger partial charge in [-0.05, 0) is 48.2 Å². The number of fused-ring (bicyclic) bond motifs is 1. The second-order valence-electron chi connectivity index (χ2n) is 6.86. The van der Waals surface area contributed by atoms with E-state index in [4.69, 9.17) is 14.2 Å². The number of methoxy groups -OCH3 is 1. The Hall–Kier alpha value is -2.25. The van der Waals surface area contributed by atoms with Crippen molar-refractivity contribution in [3.8, 4) is 17.2 Å². The van der Waals surface area contributed by atoms with Gasteiger partial charge in [-0.1, -0.05) is 26.0 Å². The molecule has 0 spiro atoms. The molecule has 0 amide bonds. The summed E-state index contributed by atoms with van der Waals surface area (Å²) in [5.41, 5.74) is 1.49. The molecule has 0 unspecified atom stereocenters. The average molecular weight is 391 g/mol. The summed E-state index contributed by atoms with van der Waals surface area (Å²) in [6.07, 6.45) is -0.391. The summed E-state index contributed by atoms with van der Waals surface area (Å²) in [5, 5.41) is 0. The number of rotatable bonds is 6. The minimum absolute atomic E-state index is 0.124. The van der Waals surface area contributed by atoms with Crippen LogP contribution in [0.25, 0.3) is 0 Å². The Morgan fingerprint density at radius 3 is 2.59 bits per heavy atom. The highest BCUT2D eigenvalue weighted by atomic mass is 32.2. The van der Waals surface area contributed by atoms with Crippen LogP contribution in [0, 0.1) is 6.92 Å². The second-order valence-corrected chi connectivity index (χ2v) is 8.60. The maximum absolute atomic E-state index is 12.9. The zero-order valence-corrected chi connectivity index (χ0v) is 16.8. The van der Waals surface area contributed by atoms with Crippen molar-refractivity contribution in [2.75, 3.05) is 20.3 Å². The van der Waals surface area contributed by atoms with Crippen molar-refractivity contribution in [2.45, 2.75) is 37.7 Å². The van der Waals surface area contributed by atoms with Crippen molar-refractivity contribution in [1.82, 2.24) is 4.72 Å². The third-order valence-electron chi connectivity index (χ3n) is 4.51. The van der Waals surface area contributed by atoms with Gasteiger partial charge in [-0.15, -0.1) is 0 Å². The van der Waals surface area contributed by atoms with Crippen LogP contribution in [-0.4, -0.2) is 34.8 Å². The van der Waals surface area contributed by atoms with Gasteiger partial charge in [0.1, 0.15) is 18.5 Å². The van der Waals surface area contributed by atoms with Gasteiger partial charge in [-0.2, -0.15) is 0 Å². The normalized spacial score (nSPS) is 16.4. The van der Waals surface area contributed by atoms with E-state index in [9.17, 15) is 8.42 Å². The van der Waals surface area contributed by atoms with Crippen molar-refractivity contribution in [3.05, 3.63) is 47.5 Å². The maximum Gasteiger partial charge on any atom is 0.240 e. The molecule has 146 valence electrons. The zero-order chi connectivity index (χ0) is 19.6. The molecule has 2 aromatic rings. The first kappa shape index (κ1) is 19.5. The molecule has 0 bridgehead atoms. The first-order valence-electron chi connectivity index (χ1n) is 8.88. The molecule has 1 N–H and O–H groups in total. The molecule has 0 saturated carbocycles. The van der Waals surface area contributed by atoms with Crippen molar-refractivity contribution in [3.63, 3.8) is 0 Å². The monoisotopic (exact) mass is 391 g/mol. The minimum atomic E-state index is -3.69. The molecular weight excluding hydrogens is 366 g/mol. The van der Waals surface area contributed by atoms with Gasteiger partial charge in [0, 0.05) is 0 Å². The first-order chi connectivity index (χ1) is 12.8. The summed E-state index contributed by atoms with van der Waals surface area (Å²) < 4.78 is 45.2. The number of hydrogen-bond donors (Lipinski definition) is 1. The lowest BCUT2D eigenvalue weighted by Gasteiger charge is -2.26. The van der Waals surface area contributed by atoms with Gasteiger partial charge >= 0.3 is 0 Å². The molecule has 1 atom stereocenters. The average Bonchev–Trinajstić information content (AvgIpc) is 2.65. The predicted molar refractivity (Wildman–Crippen MR) is 103 cm³/mol. The van der Waals surface area contributed by atoms with Gasteiger partial charge in [0.25, 0.3) is 0 Å². The smallest absolute Gasteiger partial charge is 0.240 e. The number of aryl methyl sites for hydroxylation is 1. The van der Waals surface area contributed by atoms with Crippen molar-refractivity contribution >= 4 is 10.0 Å². The van der Waals surface area contributed by atoms with E-state index < -0.39 is 16.1 Å². The summed E-state index contributed by atoms with van der Waals surface area (Å²) in [6.45, 7) is 6.18. The third-order valence-corrected chi connectivity index (χ3v) is 6.07. The fraction of sp³-hybridized carbons (Fsp3) is 0.400. The van der Waals surface area contributed by atoms with Gasteiger partial charge in [0.2, 0.25) is 10.0 Å². The quantitative estimate of drug-likeness (QED) is 0.818. The minimum Gasteiger partial charge on any atom is -0.496 e. The van der Waals surface area contributed by atoms with E-state index in [0.29, 0.717) is 29.4 Å². The Bertz CT molecular complexity index is 924. The van der Waals surface area contributed by atoms with E-state index in [0.717, 1.165) is 5.56 Å². The maximum atomic E-state index is 12.9. The summed E-state index contributed by atoms with van der Waals surface area (Å²) >= 11 is 0. The van der Waals surface area contributed by atoms with Crippen LogP contribution in [0.3, 0.4) is 0 Å². The van der Waals surface area contributed by atoms with Crippen LogP contribution >= 0.6 is 0 Å². The fourth-order valence-electron chi connectivity index (χ4n) is 3.04. The van der Waals surface area contributed by atoms with E-state index in [2.05, 4.69) is 4.72 Å². The second kappa shape index (κ2) is 7.78. The molecule has 1 heterocycles. The number of hydrogen-bond acceptors (Lipinski definition) is 5. The molecular formula is C20H25NO5S. The van der Waals surface area contributed by atoms with Gasteiger partial charge in [0.15, 0.2) is 11.5 Å². The summed E-state index contributed by atoms with van der Waals surface area (Å²) in [6, 6.07) is 10.8. The summed E-state index contributed by atoms with van der Waals surface area (Å²) in [7, 11) is -2.10. The lowest BCUT2D eigenvalue weighted by Crippen LogP contribution is -2.40. The number of ether oxygens (including phenoxy) is 3. The Kier molecular flexibility index (Phi) is 5.62. The Morgan fingerprint density at radius 2 is 1.93 bits per heavy atom. The Balaban J connectivity index is 1.77. The van der Waals surface area contributed by atoms with Crippen molar-refractivity contribution in [2.24, 2.45) is 0 Å². The Morgan fingerprint density at radius 1 is 1.22 bits per heavy atom.